The molecular formula is C22H17ClN4. The number of hydrogen-bond acceptors (Lipinski definition) is 1. The number of nitrogens with zero attached hydrogens (tertiary/aromatic N) is 3. The zero-order valence-corrected chi connectivity index (χ0v) is 15.3. The molecule has 0 amide bonds. The first-order chi connectivity index (χ1) is 13.1. The number of hydrogen-bond donors (Lipinski definition) is 1. The van der Waals surface area contributed by atoms with Crippen molar-refractivity contribution in [3.8, 4) is 0 Å². The van der Waals surface area contributed by atoms with Crippen LogP contribution in [0.4, 0.5) is 0 Å². The lowest BCUT2D eigenvalue weighted by Gasteiger charge is -2.08. The lowest BCUT2D eigenvalue weighted by molar-refractivity contribution is 1.18. The maximum absolute atomic E-state index is 5.83. The van der Waals surface area contributed by atoms with E-state index in [-0.39, 0.29) is 5.29 Å². The Morgan fingerprint density at radius 1 is 0.778 bits per heavy atom. The Morgan fingerprint density at radius 3 is 1.85 bits per heavy atom. The number of benzene rings is 3. The van der Waals surface area contributed by atoms with Gasteiger partial charge in [0.25, 0.3) is 0 Å². The zero-order chi connectivity index (χ0) is 18.8. The van der Waals surface area contributed by atoms with Crippen molar-refractivity contribution in [1.29, 1.82) is 0 Å². The molecule has 0 bridgehead atoms. The zero-order valence-electron chi connectivity index (χ0n) is 14.5. The average molecular weight is 373 g/mol. The van der Waals surface area contributed by atoms with Gasteiger partial charge in [-0.1, -0.05) is 73.3 Å². The molecule has 0 saturated carbocycles. The Morgan fingerprint density at radius 2 is 1.30 bits per heavy atom. The first-order valence-electron chi connectivity index (χ1n) is 8.46. The molecule has 4 nitrogen and oxygen atoms in total. The van der Waals surface area contributed by atoms with Crippen LogP contribution >= 0.6 is 11.6 Å². The third kappa shape index (κ3) is 3.23. The minimum absolute atomic E-state index is 0.0763. The second-order valence-corrected chi connectivity index (χ2v) is 6.41. The molecule has 3 aromatic carbocycles. The second-order valence-electron chi connectivity index (χ2n) is 6.02. The van der Waals surface area contributed by atoms with Gasteiger partial charge >= 0.3 is 0 Å². The van der Waals surface area contributed by atoms with Gasteiger partial charge in [0, 0.05) is 16.3 Å². The fourth-order valence-electron chi connectivity index (χ4n) is 3.22. The first-order valence-corrected chi connectivity index (χ1v) is 8.84. The fraction of sp³-hybridized carbons (Fsp3) is 0. The largest absolute Gasteiger partial charge is 0.374 e. The van der Waals surface area contributed by atoms with Crippen LogP contribution in [-0.4, -0.2) is 15.7 Å². The van der Waals surface area contributed by atoms with Crippen molar-refractivity contribution in [2.24, 2.45) is 15.7 Å². The molecule has 1 aromatic heterocycles. The Bertz CT molecular complexity index is 1150. The highest BCUT2D eigenvalue weighted by atomic mass is 35.5. The number of fused-ring (bicyclic) bond motifs is 3. The molecule has 0 atom stereocenters. The number of amidine groups is 2. The van der Waals surface area contributed by atoms with E-state index in [0.29, 0.717) is 11.7 Å². The summed E-state index contributed by atoms with van der Waals surface area (Å²) in [6, 6.07) is 25.9. The molecule has 4 rings (SSSR count). The van der Waals surface area contributed by atoms with E-state index >= 15 is 0 Å². The summed E-state index contributed by atoms with van der Waals surface area (Å²) in [5, 5.41) is 2.21. The van der Waals surface area contributed by atoms with Crippen molar-refractivity contribution in [2.45, 2.75) is 0 Å². The van der Waals surface area contributed by atoms with Crippen LogP contribution in [0.1, 0.15) is 5.56 Å². The number of rotatable bonds is 3. The van der Waals surface area contributed by atoms with E-state index in [0.717, 1.165) is 27.4 Å². The van der Waals surface area contributed by atoms with Crippen molar-refractivity contribution in [1.82, 2.24) is 4.57 Å². The van der Waals surface area contributed by atoms with E-state index in [1.807, 2.05) is 59.2 Å². The van der Waals surface area contributed by atoms with Gasteiger partial charge in [-0.3, -0.25) is 4.57 Å². The van der Waals surface area contributed by atoms with Gasteiger partial charge in [0.05, 0.1) is 11.0 Å². The van der Waals surface area contributed by atoms with Crippen molar-refractivity contribution < 1.29 is 0 Å². The molecule has 4 aromatic rings. The summed E-state index contributed by atoms with van der Waals surface area (Å²) in [6.45, 7) is 4.19. The van der Waals surface area contributed by atoms with Crippen molar-refractivity contribution in [3.05, 3.63) is 91.0 Å². The van der Waals surface area contributed by atoms with Crippen LogP contribution in [0, 0.1) is 0 Å². The first kappa shape index (κ1) is 17.1. The van der Waals surface area contributed by atoms with Crippen LogP contribution in [-0.2, 0) is 0 Å². The maximum atomic E-state index is 5.83. The van der Waals surface area contributed by atoms with E-state index in [2.05, 4.69) is 40.8 Å². The van der Waals surface area contributed by atoms with Crippen LogP contribution in [0.25, 0.3) is 27.6 Å². The molecule has 0 aliphatic heterocycles. The summed E-state index contributed by atoms with van der Waals surface area (Å²) in [5.41, 5.74) is 8.47. The summed E-state index contributed by atoms with van der Waals surface area (Å²) >= 11 is 5.83. The van der Waals surface area contributed by atoms with E-state index in [9.17, 15) is 0 Å². The topological polar surface area (TPSA) is 55.7 Å². The van der Waals surface area contributed by atoms with Crippen molar-refractivity contribution >= 4 is 50.4 Å². The summed E-state index contributed by atoms with van der Waals surface area (Å²) in [4.78, 5) is 8.86. The van der Waals surface area contributed by atoms with Gasteiger partial charge in [-0.2, -0.15) is 4.99 Å². The molecule has 5 heteroatoms. The predicted molar refractivity (Wildman–Crippen MR) is 115 cm³/mol. The summed E-state index contributed by atoms with van der Waals surface area (Å²) in [5.74, 6) is 0.947. The number of halogens is 1. The number of aromatic nitrogens is 1. The monoisotopic (exact) mass is 372 g/mol. The Labute approximate surface area is 161 Å². The molecule has 0 radical (unpaired) electrons. The highest BCUT2D eigenvalue weighted by Crippen LogP contribution is 2.31. The molecule has 0 saturated heterocycles. The van der Waals surface area contributed by atoms with E-state index in [1.54, 1.807) is 0 Å². The Hall–Kier alpha value is -3.37. The lowest BCUT2D eigenvalue weighted by Crippen LogP contribution is -2.08. The second kappa shape index (κ2) is 7.09. The van der Waals surface area contributed by atoms with Gasteiger partial charge in [-0.25, -0.2) is 4.99 Å². The summed E-state index contributed by atoms with van der Waals surface area (Å²) < 4.78 is 2.02. The molecule has 0 fully saturated rings. The molecule has 2 N–H and O–H groups in total. The standard InChI is InChI=1S/C22H17ClN4/c1-15(25-21(26-22(23)24)16-9-3-2-4-10-16)27-19-13-7-5-11-17(19)18-12-6-8-14-20(18)27/h2-14H,1H2,(H2,24,25,26). The highest BCUT2D eigenvalue weighted by molar-refractivity contribution is 6.65. The Kier molecular flexibility index (Phi) is 4.48. The van der Waals surface area contributed by atoms with Gasteiger partial charge in [-0.15, -0.1) is 0 Å². The third-order valence-electron chi connectivity index (χ3n) is 4.32. The van der Waals surface area contributed by atoms with Gasteiger partial charge < -0.3 is 5.73 Å². The van der Waals surface area contributed by atoms with Crippen molar-refractivity contribution in [2.75, 3.05) is 0 Å². The van der Waals surface area contributed by atoms with Crippen LogP contribution < -0.4 is 5.73 Å². The summed E-state index contributed by atoms with van der Waals surface area (Å²) in [7, 11) is 0. The average Bonchev–Trinajstić information content (AvgIpc) is 3.02. The Balaban J connectivity index is 1.93. The molecule has 0 aliphatic rings. The SMILES string of the molecule is C=C(/N=C(\N=C(/N)Cl)c1ccccc1)n1c2ccccc2c2ccccc21. The van der Waals surface area contributed by atoms with Crippen LogP contribution in [0.15, 0.2) is 95.4 Å². The highest BCUT2D eigenvalue weighted by Gasteiger charge is 2.12. The van der Waals surface area contributed by atoms with E-state index < -0.39 is 0 Å². The number of para-hydroxylation sites is 2. The van der Waals surface area contributed by atoms with E-state index in [4.69, 9.17) is 17.3 Å². The molecule has 132 valence electrons. The minimum atomic E-state index is -0.0763. The third-order valence-corrected chi connectivity index (χ3v) is 4.40. The van der Waals surface area contributed by atoms with Crippen molar-refractivity contribution in [3.63, 3.8) is 0 Å². The molecule has 0 spiro atoms. The van der Waals surface area contributed by atoms with Gasteiger partial charge in [0.15, 0.2) is 11.1 Å². The fourth-order valence-corrected chi connectivity index (χ4v) is 3.30. The summed E-state index contributed by atoms with van der Waals surface area (Å²) in [6.07, 6.45) is 0. The smallest absolute Gasteiger partial charge is 0.195 e. The maximum Gasteiger partial charge on any atom is 0.195 e. The van der Waals surface area contributed by atoms with Crippen LogP contribution in [0.3, 0.4) is 0 Å². The normalized spacial score (nSPS) is 12.6. The molecular weight excluding hydrogens is 356 g/mol. The quantitative estimate of drug-likeness (QED) is 0.299. The predicted octanol–water partition coefficient (Wildman–Crippen LogP) is 5.22. The van der Waals surface area contributed by atoms with Gasteiger partial charge in [0.2, 0.25) is 0 Å². The molecule has 1 heterocycles. The molecule has 27 heavy (non-hydrogen) atoms. The van der Waals surface area contributed by atoms with Gasteiger partial charge in [0.1, 0.15) is 5.82 Å². The van der Waals surface area contributed by atoms with Gasteiger partial charge in [-0.05, 0) is 23.7 Å². The molecule has 0 aliphatic carbocycles. The van der Waals surface area contributed by atoms with Crippen LogP contribution in [0.5, 0.6) is 0 Å². The molecule has 0 unspecified atom stereocenters. The van der Waals surface area contributed by atoms with E-state index in [1.165, 1.54) is 0 Å². The minimum Gasteiger partial charge on any atom is -0.374 e. The number of nitrogens with two attached hydrogens (primary N) is 1. The number of aliphatic imine (C=N–C) groups is 2. The lowest BCUT2D eigenvalue weighted by atomic mass is 10.2. The van der Waals surface area contributed by atoms with Crippen LogP contribution in [0.2, 0.25) is 0 Å².